The van der Waals surface area contributed by atoms with Crippen molar-refractivity contribution in [2.75, 3.05) is 11.5 Å². The van der Waals surface area contributed by atoms with Crippen LogP contribution in [0.15, 0.2) is 60.7 Å². The highest BCUT2D eigenvalue weighted by atomic mass is 19.4. The summed E-state index contributed by atoms with van der Waals surface area (Å²) in [6, 6.07) is 14.6. The van der Waals surface area contributed by atoms with Crippen molar-refractivity contribution >= 4 is 11.4 Å². The number of benzene rings is 4. The van der Waals surface area contributed by atoms with E-state index in [2.05, 4.69) is 0 Å². The lowest BCUT2D eigenvalue weighted by atomic mass is 9.75. The third kappa shape index (κ3) is 8.81. The van der Waals surface area contributed by atoms with Gasteiger partial charge in [0.25, 0.3) is 0 Å². The Kier molecular flexibility index (Phi) is 10.3. The summed E-state index contributed by atoms with van der Waals surface area (Å²) in [5, 5.41) is 0. The fourth-order valence-electron chi connectivity index (χ4n) is 5.98. The molecule has 0 aliphatic rings. The van der Waals surface area contributed by atoms with Gasteiger partial charge in [0.05, 0.1) is 0 Å². The van der Waals surface area contributed by atoms with E-state index in [1.807, 2.05) is 107 Å². The van der Waals surface area contributed by atoms with Gasteiger partial charge in [-0.3, -0.25) is 0 Å². The van der Waals surface area contributed by atoms with E-state index in [-0.39, 0.29) is 22.9 Å². The lowest BCUT2D eigenvalue weighted by Crippen LogP contribution is -2.21. The Morgan fingerprint density at radius 3 is 0.846 bits per heavy atom. The summed E-state index contributed by atoms with van der Waals surface area (Å²) in [5.41, 5.74) is 11.3. The Balaban J connectivity index is 2.08. The molecule has 4 aromatic rings. The molecule has 52 heavy (non-hydrogen) atoms. The van der Waals surface area contributed by atoms with Gasteiger partial charge in [0, 0.05) is 33.6 Å². The van der Waals surface area contributed by atoms with Crippen LogP contribution < -0.4 is 20.9 Å². The summed E-state index contributed by atoms with van der Waals surface area (Å²) >= 11 is 0. The number of nitrogens with two attached hydrogens (primary N) is 2. The molecule has 0 atom stereocenters. The van der Waals surface area contributed by atoms with Crippen molar-refractivity contribution in [1.29, 1.82) is 0 Å². The molecule has 0 fully saturated rings. The molecule has 0 heterocycles. The summed E-state index contributed by atoms with van der Waals surface area (Å²) in [6.45, 7) is 23.5. The molecule has 4 nitrogen and oxygen atoms in total. The first-order valence-electron chi connectivity index (χ1n) is 17.1. The van der Waals surface area contributed by atoms with Crippen LogP contribution in [0.2, 0.25) is 0 Å². The third-order valence-corrected chi connectivity index (χ3v) is 8.79. The third-order valence-electron chi connectivity index (χ3n) is 8.79. The Morgan fingerprint density at radius 1 is 0.385 bits per heavy atom. The molecule has 4 rings (SSSR count). The average molecular weight is 729 g/mol. The van der Waals surface area contributed by atoms with E-state index in [0.29, 0.717) is 33.8 Å². The SMILES string of the molecule is CC(C)(C)c1cc(-c2cc(C(C)(C)C)c(Oc3ccc(N)cc3C(F)(F)F)c(C(C)(C)C)c2)cc(C(C)(C)C)c1Oc1ccc(N)cc1C(F)(F)F. The van der Waals surface area contributed by atoms with Gasteiger partial charge in [-0.05, 0) is 93.5 Å². The number of ether oxygens (including phenoxy) is 2. The van der Waals surface area contributed by atoms with Gasteiger partial charge in [-0.1, -0.05) is 83.1 Å². The Labute approximate surface area is 303 Å². The minimum absolute atomic E-state index is 0.0372. The first-order valence-corrected chi connectivity index (χ1v) is 17.1. The Bertz CT molecular complexity index is 1750. The van der Waals surface area contributed by atoms with Crippen LogP contribution in [0.25, 0.3) is 11.1 Å². The van der Waals surface area contributed by atoms with E-state index in [0.717, 1.165) is 23.3 Å². The zero-order valence-electron chi connectivity index (χ0n) is 32.0. The van der Waals surface area contributed by atoms with Crippen molar-refractivity contribution in [3.63, 3.8) is 0 Å². The minimum Gasteiger partial charge on any atom is -0.456 e. The fourth-order valence-corrected chi connectivity index (χ4v) is 5.98. The zero-order valence-corrected chi connectivity index (χ0v) is 32.0. The molecule has 0 unspecified atom stereocenters. The number of anilines is 2. The molecular formula is C42H50F6N2O2. The first kappa shape index (κ1) is 40.4. The van der Waals surface area contributed by atoms with Gasteiger partial charge in [-0.2, -0.15) is 26.3 Å². The van der Waals surface area contributed by atoms with E-state index < -0.39 is 45.1 Å². The van der Waals surface area contributed by atoms with Crippen molar-refractivity contribution in [2.24, 2.45) is 0 Å². The lowest BCUT2D eigenvalue weighted by molar-refractivity contribution is -0.139. The quantitative estimate of drug-likeness (QED) is 0.159. The van der Waals surface area contributed by atoms with E-state index >= 15 is 0 Å². The smallest absolute Gasteiger partial charge is 0.420 e. The van der Waals surface area contributed by atoms with Crippen molar-refractivity contribution in [3.05, 3.63) is 94.0 Å². The van der Waals surface area contributed by atoms with Gasteiger partial charge in [-0.25, -0.2) is 0 Å². The van der Waals surface area contributed by atoms with Crippen LogP contribution in [0.3, 0.4) is 0 Å². The summed E-state index contributed by atoms with van der Waals surface area (Å²) < 4.78 is 97.9. The van der Waals surface area contributed by atoms with Crippen molar-refractivity contribution < 1.29 is 35.8 Å². The van der Waals surface area contributed by atoms with Crippen LogP contribution in [0.4, 0.5) is 37.7 Å². The van der Waals surface area contributed by atoms with Gasteiger partial charge in [-0.15, -0.1) is 0 Å². The normalized spacial score (nSPS) is 13.3. The number of rotatable bonds is 5. The second kappa shape index (κ2) is 13.3. The van der Waals surface area contributed by atoms with Crippen molar-refractivity contribution in [3.8, 4) is 34.1 Å². The molecule has 0 spiro atoms. The fraction of sp³-hybridized carbons (Fsp3) is 0.429. The molecule has 0 saturated carbocycles. The molecule has 4 N–H and O–H groups in total. The highest BCUT2D eigenvalue weighted by Crippen LogP contribution is 2.50. The second-order valence-corrected chi connectivity index (χ2v) is 17.5. The zero-order chi connectivity index (χ0) is 39.6. The number of halogens is 6. The van der Waals surface area contributed by atoms with E-state index in [9.17, 15) is 26.3 Å². The highest BCUT2D eigenvalue weighted by Gasteiger charge is 2.38. The van der Waals surface area contributed by atoms with Gasteiger partial charge in [0.1, 0.15) is 34.1 Å². The predicted octanol–water partition coefficient (Wildman–Crippen LogP) is 13.3. The topological polar surface area (TPSA) is 70.5 Å². The van der Waals surface area contributed by atoms with E-state index in [1.165, 1.54) is 24.3 Å². The van der Waals surface area contributed by atoms with Crippen molar-refractivity contribution in [2.45, 2.75) is 117 Å². The minimum atomic E-state index is -4.71. The standard InChI is InChI=1S/C42H50F6N2O2/c1-37(2,3)29-17-23(18-30(38(4,5)6)35(29)51-33-15-13-25(49)21-27(33)41(43,44)45)24-19-31(39(7,8)9)36(32(20-24)40(10,11)12)52-34-16-14-26(50)22-28(34)42(46,47)48/h13-22H,49-50H2,1-12H3. The van der Waals surface area contributed by atoms with E-state index in [1.54, 1.807) is 0 Å². The average Bonchev–Trinajstić information content (AvgIpc) is 2.95. The maximum Gasteiger partial charge on any atom is 0.420 e. The van der Waals surface area contributed by atoms with Crippen LogP contribution in [0.5, 0.6) is 23.0 Å². The molecule has 0 aromatic heterocycles. The molecule has 282 valence electrons. The number of hydrogen-bond acceptors (Lipinski definition) is 4. The Hall–Kier alpha value is -4.34. The summed E-state index contributed by atoms with van der Waals surface area (Å²) in [5.74, 6) is -0.0982. The van der Waals surface area contributed by atoms with Gasteiger partial charge < -0.3 is 20.9 Å². The molecule has 0 saturated heterocycles. The number of alkyl halides is 6. The van der Waals surface area contributed by atoms with Crippen LogP contribution in [-0.2, 0) is 34.0 Å². The maximum atomic E-state index is 14.2. The molecular weight excluding hydrogens is 678 g/mol. The van der Waals surface area contributed by atoms with Crippen molar-refractivity contribution in [1.82, 2.24) is 0 Å². The van der Waals surface area contributed by atoms with Crippen LogP contribution in [0.1, 0.15) is 116 Å². The van der Waals surface area contributed by atoms with Gasteiger partial charge in [0.15, 0.2) is 0 Å². The van der Waals surface area contributed by atoms with Crippen LogP contribution >= 0.6 is 0 Å². The maximum absolute atomic E-state index is 14.2. The molecule has 0 bridgehead atoms. The second-order valence-electron chi connectivity index (χ2n) is 17.5. The number of nitrogen functional groups attached to an aromatic ring is 2. The molecule has 0 aliphatic carbocycles. The predicted molar refractivity (Wildman–Crippen MR) is 199 cm³/mol. The summed E-state index contributed by atoms with van der Waals surface area (Å²) in [4.78, 5) is 0. The van der Waals surface area contributed by atoms with Crippen LogP contribution in [-0.4, -0.2) is 0 Å². The van der Waals surface area contributed by atoms with Gasteiger partial charge in [0.2, 0.25) is 0 Å². The summed E-state index contributed by atoms with van der Waals surface area (Å²) in [6.07, 6.45) is -9.42. The molecule has 0 amide bonds. The lowest BCUT2D eigenvalue weighted by Gasteiger charge is -2.33. The number of hydrogen-bond donors (Lipinski definition) is 2. The Morgan fingerprint density at radius 2 is 0.635 bits per heavy atom. The molecule has 4 aromatic carbocycles. The molecule has 0 aliphatic heterocycles. The van der Waals surface area contributed by atoms with Gasteiger partial charge >= 0.3 is 12.4 Å². The summed E-state index contributed by atoms with van der Waals surface area (Å²) in [7, 11) is 0. The van der Waals surface area contributed by atoms with E-state index in [4.69, 9.17) is 20.9 Å². The first-order chi connectivity index (χ1) is 23.4. The molecule has 10 heteroatoms. The molecule has 0 radical (unpaired) electrons. The monoisotopic (exact) mass is 728 g/mol. The van der Waals surface area contributed by atoms with Crippen LogP contribution in [0, 0.1) is 0 Å². The largest absolute Gasteiger partial charge is 0.456 e. The highest BCUT2D eigenvalue weighted by molar-refractivity contribution is 5.74.